The molecule has 0 spiro atoms. The van der Waals surface area contributed by atoms with Gasteiger partial charge in [0.2, 0.25) is 6.10 Å². The Morgan fingerprint density at radius 2 is 1.78 bits per heavy atom. The number of hydrogen-bond acceptors (Lipinski definition) is 4. The predicted octanol–water partition coefficient (Wildman–Crippen LogP) is 4.34. The molecule has 2 aromatic rings. The third kappa shape index (κ3) is 5.01. The van der Waals surface area contributed by atoms with Crippen molar-refractivity contribution < 1.29 is 14.3 Å². The lowest BCUT2D eigenvalue weighted by atomic mass is 10.1. The van der Waals surface area contributed by atoms with E-state index in [2.05, 4.69) is 0 Å². The van der Waals surface area contributed by atoms with Crippen molar-refractivity contribution in [3.63, 3.8) is 0 Å². The van der Waals surface area contributed by atoms with Gasteiger partial charge in [-0.25, -0.2) is 0 Å². The van der Waals surface area contributed by atoms with Crippen molar-refractivity contribution in [3.8, 4) is 17.6 Å². The van der Waals surface area contributed by atoms with Gasteiger partial charge >= 0.3 is 5.97 Å². The lowest BCUT2D eigenvalue weighted by Crippen LogP contribution is -2.15. The SMILES string of the molecule is CC(=O)O[C@@H](C#N)/C(C)=C/c1cccc(Oc2ccccc2)c1. The summed E-state index contributed by atoms with van der Waals surface area (Å²) in [4.78, 5) is 11.0. The number of carbonyl (C=O) groups is 1. The van der Waals surface area contributed by atoms with Gasteiger partial charge in [-0.15, -0.1) is 0 Å². The summed E-state index contributed by atoms with van der Waals surface area (Å²) in [6, 6.07) is 18.9. The van der Waals surface area contributed by atoms with Gasteiger partial charge < -0.3 is 9.47 Å². The molecule has 0 aliphatic heterocycles. The van der Waals surface area contributed by atoms with Gasteiger partial charge in [-0.3, -0.25) is 4.79 Å². The average Bonchev–Trinajstić information content (AvgIpc) is 2.53. The van der Waals surface area contributed by atoms with Crippen LogP contribution in [0.3, 0.4) is 0 Å². The summed E-state index contributed by atoms with van der Waals surface area (Å²) >= 11 is 0. The van der Waals surface area contributed by atoms with Gasteiger partial charge in [0.25, 0.3) is 0 Å². The minimum atomic E-state index is -0.883. The minimum Gasteiger partial charge on any atom is -0.457 e. The van der Waals surface area contributed by atoms with Crippen LogP contribution in [0.5, 0.6) is 11.5 Å². The van der Waals surface area contributed by atoms with Crippen LogP contribution in [-0.4, -0.2) is 12.1 Å². The first-order valence-electron chi connectivity index (χ1n) is 7.16. The van der Waals surface area contributed by atoms with Crippen molar-refractivity contribution in [3.05, 3.63) is 65.7 Å². The molecule has 0 N–H and O–H groups in total. The first kappa shape index (κ1) is 16.3. The number of ether oxygens (including phenoxy) is 2. The number of esters is 1. The number of rotatable bonds is 5. The van der Waals surface area contributed by atoms with E-state index in [0.29, 0.717) is 11.3 Å². The van der Waals surface area contributed by atoms with Gasteiger partial charge in [0.1, 0.15) is 17.6 Å². The summed E-state index contributed by atoms with van der Waals surface area (Å²) in [5.74, 6) is 0.962. The summed E-state index contributed by atoms with van der Waals surface area (Å²) in [5.41, 5.74) is 1.52. The molecule has 0 saturated heterocycles. The Morgan fingerprint density at radius 3 is 2.43 bits per heavy atom. The lowest BCUT2D eigenvalue weighted by Gasteiger charge is -2.10. The zero-order valence-electron chi connectivity index (χ0n) is 13.0. The highest BCUT2D eigenvalue weighted by Crippen LogP contribution is 2.23. The zero-order chi connectivity index (χ0) is 16.7. The standard InChI is InChI=1S/C19H17NO3/c1-14(19(13-20)22-15(2)21)11-16-7-6-10-18(12-16)23-17-8-4-3-5-9-17/h3-12,19H,1-2H3/b14-11+/t19-/m0/s1. The van der Waals surface area contributed by atoms with Gasteiger partial charge in [-0.05, 0) is 42.3 Å². The largest absolute Gasteiger partial charge is 0.457 e. The van der Waals surface area contributed by atoms with Crippen LogP contribution < -0.4 is 4.74 Å². The van der Waals surface area contributed by atoms with Gasteiger partial charge in [0.15, 0.2) is 0 Å². The Labute approximate surface area is 135 Å². The number of nitriles is 1. The summed E-state index contributed by atoms with van der Waals surface area (Å²) in [6.07, 6.45) is 0.917. The van der Waals surface area contributed by atoms with Crippen LogP contribution in [0.4, 0.5) is 0 Å². The fourth-order valence-corrected chi connectivity index (χ4v) is 2.02. The molecule has 0 saturated carbocycles. The number of benzene rings is 2. The lowest BCUT2D eigenvalue weighted by molar-refractivity contribution is -0.142. The van der Waals surface area contributed by atoms with Gasteiger partial charge in [0.05, 0.1) is 0 Å². The molecule has 0 unspecified atom stereocenters. The fourth-order valence-electron chi connectivity index (χ4n) is 2.02. The Bertz CT molecular complexity index is 745. The van der Waals surface area contributed by atoms with Crippen LogP contribution in [0.15, 0.2) is 60.2 Å². The van der Waals surface area contributed by atoms with Crippen LogP contribution in [0.25, 0.3) is 6.08 Å². The number of carbonyl (C=O) groups excluding carboxylic acids is 1. The first-order chi connectivity index (χ1) is 11.1. The van der Waals surface area contributed by atoms with Crippen LogP contribution >= 0.6 is 0 Å². The smallest absolute Gasteiger partial charge is 0.304 e. The van der Waals surface area contributed by atoms with E-state index in [1.165, 1.54) is 6.92 Å². The highest BCUT2D eigenvalue weighted by atomic mass is 16.5. The monoisotopic (exact) mass is 307 g/mol. The summed E-state index contributed by atoms with van der Waals surface area (Å²) in [7, 11) is 0. The highest BCUT2D eigenvalue weighted by Gasteiger charge is 2.12. The first-order valence-corrected chi connectivity index (χ1v) is 7.16. The van der Waals surface area contributed by atoms with Crippen molar-refractivity contribution >= 4 is 12.0 Å². The second-order valence-corrected chi connectivity index (χ2v) is 4.99. The quantitative estimate of drug-likeness (QED) is 0.771. The van der Waals surface area contributed by atoms with Crippen LogP contribution in [0.1, 0.15) is 19.4 Å². The zero-order valence-corrected chi connectivity index (χ0v) is 13.0. The molecule has 4 heteroatoms. The molecule has 0 aliphatic carbocycles. The molecule has 0 bridgehead atoms. The van der Waals surface area contributed by atoms with E-state index in [1.807, 2.05) is 60.7 Å². The van der Waals surface area contributed by atoms with Crippen molar-refractivity contribution in [1.29, 1.82) is 5.26 Å². The molecule has 0 amide bonds. The third-order valence-corrected chi connectivity index (χ3v) is 3.05. The number of para-hydroxylation sites is 1. The van der Waals surface area contributed by atoms with E-state index in [4.69, 9.17) is 14.7 Å². The molecule has 2 rings (SSSR count). The highest BCUT2D eigenvalue weighted by molar-refractivity contribution is 5.67. The van der Waals surface area contributed by atoms with Crippen LogP contribution in [0.2, 0.25) is 0 Å². The third-order valence-electron chi connectivity index (χ3n) is 3.05. The van der Waals surface area contributed by atoms with Crippen LogP contribution in [0, 0.1) is 11.3 Å². The molecule has 0 aromatic heterocycles. The van der Waals surface area contributed by atoms with E-state index in [1.54, 1.807) is 13.0 Å². The molecule has 0 aliphatic rings. The molecular formula is C19H17NO3. The summed E-state index contributed by atoms with van der Waals surface area (Å²) in [6.45, 7) is 3.04. The Balaban J connectivity index is 2.17. The van der Waals surface area contributed by atoms with Crippen molar-refractivity contribution in [2.24, 2.45) is 0 Å². The van der Waals surface area contributed by atoms with Gasteiger partial charge in [0, 0.05) is 6.92 Å². The fraction of sp³-hybridized carbons (Fsp3) is 0.158. The Kier molecular flexibility index (Phi) is 5.54. The molecule has 0 fully saturated rings. The van der Waals surface area contributed by atoms with Crippen LogP contribution in [-0.2, 0) is 9.53 Å². The topological polar surface area (TPSA) is 59.3 Å². The van der Waals surface area contributed by atoms with E-state index < -0.39 is 12.1 Å². The molecule has 0 radical (unpaired) electrons. The average molecular weight is 307 g/mol. The van der Waals surface area contributed by atoms with Gasteiger partial charge in [-0.1, -0.05) is 36.4 Å². The second-order valence-electron chi connectivity index (χ2n) is 4.99. The maximum absolute atomic E-state index is 11.0. The van der Waals surface area contributed by atoms with Crippen molar-refractivity contribution in [1.82, 2.24) is 0 Å². The Morgan fingerprint density at radius 1 is 1.09 bits per heavy atom. The van der Waals surface area contributed by atoms with E-state index in [-0.39, 0.29) is 0 Å². The molecule has 23 heavy (non-hydrogen) atoms. The Hall–Kier alpha value is -3.06. The van der Waals surface area contributed by atoms with E-state index >= 15 is 0 Å². The normalized spacial score (nSPS) is 12.1. The van der Waals surface area contributed by atoms with Crippen molar-refractivity contribution in [2.75, 3.05) is 0 Å². The van der Waals surface area contributed by atoms with E-state index in [9.17, 15) is 4.79 Å². The molecule has 1 atom stereocenters. The molecule has 0 heterocycles. The number of nitrogens with zero attached hydrogens (tertiary/aromatic N) is 1. The van der Waals surface area contributed by atoms with Crippen molar-refractivity contribution in [2.45, 2.75) is 20.0 Å². The molecule has 4 nitrogen and oxygen atoms in total. The molecule has 116 valence electrons. The number of hydrogen-bond donors (Lipinski definition) is 0. The maximum atomic E-state index is 11.0. The summed E-state index contributed by atoms with van der Waals surface area (Å²) < 4.78 is 10.7. The van der Waals surface area contributed by atoms with Gasteiger partial charge in [-0.2, -0.15) is 5.26 Å². The van der Waals surface area contributed by atoms with E-state index in [0.717, 1.165) is 11.3 Å². The second kappa shape index (κ2) is 7.81. The maximum Gasteiger partial charge on any atom is 0.304 e. The molecular weight excluding hydrogens is 290 g/mol. The molecule has 2 aromatic carbocycles. The predicted molar refractivity (Wildman–Crippen MR) is 87.8 cm³/mol. The minimum absolute atomic E-state index is 0.481. The summed E-state index contributed by atoms with van der Waals surface area (Å²) in [5, 5.41) is 9.08.